The first-order chi connectivity index (χ1) is 8.17. The monoisotopic (exact) mass is 232 g/mol. The summed E-state index contributed by atoms with van der Waals surface area (Å²) in [5.74, 6) is 0.821. The van der Waals surface area contributed by atoms with Gasteiger partial charge in [-0.05, 0) is 44.7 Å². The topological polar surface area (TPSA) is 36.3 Å². The predicted octanol–water partition coefficient (Wildman–Crippen LogP) is 2.67. The zero-order valence-electron chi connectivity index (χ0n) is 10.8. The van der Waals surface area contributed by atoms with Crippen LogP contribution in [0.25, 0.3) is 0 Å². The minimum atomic E-state index is 0.583. The van der Waals surface area contributed by atoms with Crippen LogP contribution in [0.15, 0.2) is 24.3 Å². The molecule has 0 bridgehead atoms. The molecular formula is C14H20N2O. The molecular weight excluding hydrogens is 212 g/mol. The number of nitrogens with zero attached hydrogens (tertiary/aromatic N) is 2. The summed E-state index contributed by atoms with van der Waals surface area (Å²) in [5, 5.41) is 8.67. The summed E-state index contributed by atoms with van der Waals surface area (Å²) in [7, 11) is 2.11. The van der Waals surface area contributed by atoms with Crippen molar-refractivity contribution >= 4 is 0 Å². The Morgan fingerprint density at radius 2 is 2.00 bits per heavy atom. The van der Waals surface area contributed by atoms with E-state index < -0.39 is 0 Å². The van der Waals surface area contributed by atoms with Crippen molar-refractivity contribution in [2.24, 2.45) is 0 Å². The fraction of sp³-hybridized carbons (Fsp3) is 0.500. The summed E-state index contributed by atoms with van der Waals surface area (Å²) >= 11 is 0. The van der Waals surface area contributed by atoms with Gasteiger partial charge >= 0.3 is 0 Å². The average molecular weight is 232 g/mol. The molecule has 17 heavy (non-hydrogen) atoms. The van der Waals surface area contributed by atoms with Crippen molar-refractivity contribution in [1.82, 2.24) is 4.90 Å². The maximum atomic E-state index is 8.67. The maximum Gasteiger partial charge on any atom is 0.119 e. The number of rotatable bonds is 6. The Bertz CT molecular complexity index is 367. The van der Waals surface area contributed by atoms with Gasteiger partial charge in [0.15, 0.2) is 0 Å². The van der Waals surface area contributed by atoms with Crippen molar-refractivity contribution in [3.05, 3.63) is 29.8 Å². The molecule has 0 N–H and O–H groups in total. The first kappa shape index (κ1) is 13.5. The molecule has 1 rings (SSSR count). The van der Waals surface area contributed by atoms with E-state index in [9.17, 15) is 0 Å². The van der Waals surface area contributed by atoms with Crippen molar-refractivity contribution in [2.45, 2.75) is 26.3 Å². The van der Waals surface area contributed by atoms with Crippen molar-refractivity contribution in [3.63, 3.8) is 0 Å². The Kier molecular flexibility index (Phi) is 5.51. The number of nitriles is 1. The Morgan fingerprint density at radius 1 is 1.35 bits per heavy atom. The highest BCUT2D eigenvalue weighted by Gasteiger charge is 2.05. The van der Waals surface area contributed by atoms with Crippen LogP contribution in [0.3, 0.4) is 0 Å². The van der Waals surface area contributed by atoms with E-state index in [1.165, 1.54) is 0 Å². The summed E-state index contributed by atoms with van der Waals surface area (Å²) in [6.07, 6.45) is 1.15. The normalized spacial score (nSPS) is 12.2. The van der Waals surface area contributed by atoms with E-state index in [0.717, 1.165) is 18.7 Å². The lowest BCUT2D eigenvalue weighted by atomic mass is 10.2. The van der Waals surface area contributed by atoms with Crippen LogP contribution in [-0.4, -0.2) is 31.1 Å². The van der Waals surface area contributed by atoms with E-state index in [4.69, 9.17) is 10.00 Å². The van der Waals surface area contributed by atoms with E-state index in [1.807, 2.05) is 12.1 Å². The quantitative estimate of drug-likeness (QED) is 0.756. The van der Waals surface area contributed by atoms with Crippen LogP contribution in [0.4, 0.5) is 0 Å². The molecule has 0 amide bonds. The molecule has 0 fully saturated rings. The first-order valence-corrected chi connectivity index (χ1v) is 6.00. The van der Waals surface area contributed by atoms with E-state index in [1.54, 1.807) is 12.1 Å². The fourth-order valence-electron chi connectivity index (χ4n) is 1.47. The summed E-state index contributed by atoms with van der Waals surface area (Å²) in [5.41, 5.74) is 0.661. The second-order valence-electron chi connectivity index (χ2n) is 4.22. The number of hydrogen-bond acceptors (Lipinski definition) is 3. The lowest BCUT2D eigenvalue weighted by Crippen LogP contribution is -2.32. The molecule has 0 saturated carbocycles. The average Bonchev–Trinajstić information content (AvgIpc) is 2.38. The fourth-order valence-corrected chi connectivity index (χ4v) is 1.47. The maximum absolute atomic E-state index is 8.67. The molecule has 0 aromatic heterocycles. The van der Waals surface area contributed by atoms with Gasteiger partial charge < -0.3 is 9.64 Å². The van der Waals surface area contributed by atoms with Crippen LogP contribution in [-0.2, 0) is 0 Å². The number of likely N-dealkylation sites (N-methyl/N-ethyl adjacent to an activating group) is 1. The second-order valence-corrected chi connectivity index (χ2v) is 4.22. The van der Waals surface area contributed by atoms with Gasteiger partial charge in [-0.2, -0.15) is 5.26 Å². The smallest absolute Gasteiger partial charge is 0.119 e. The molecule has 1 aromatic carbocycles. The lowest BCUT2D eigenvalue weighted by molar-refractivity contribution is 0.196. The number of benzene rings is 1. The van der Waals surface area contributed by atoms with E-state index in [0.29, 0.717) is 18.2 Å². The van der Waals surface area contributed by atoms with Crippen LogP contribution in [0, 0.1) is 11.3 Å². The molecule has 0 saturated heterocycles. The van der Waals surface area contributed by atoms with Crippen molar-refractivity contribution in [1.29, 1.82) is 5.26 Å². The standard InChI is InChI=1S/C14H20N2O/c1-4-12(2)16(3)9-10-17-14-7-5-13(11-15)6-8-14/h5-8,12H,4,9-10H2,1-3H3. The highest BCUT2D eigenvalue weighted by atomic mass is 16.5. The number of ether oxygens (including phenoxy) is 1. The van der Waals surface area contributed by atoms with Crippen LogP contribution in [0.2, 0.25) is 0 Å². The van der Waals surface area contributed by atoms with Gasteiger partial charge in [0.2, 0.25) is 0 Å². The molecule has 3 nitrogen and oxygen atoms in total. The molecule has 1 aromatic rings. The second kappa shape index (κ2) is 6.93. The van der Waals surface area contributed by atoms with Crippen LogP contribution in [0.5, 0.6) is 5.75 Å². The van der Waals surface area contributed by atoms with Gasteiger partial charge in [-0.15, -0.1) is 0 Å². The SMILES string of the molecule is CCC(C)N(C)CCOc1ccc(C#N)cc1. The summed E-state index contributed by atoms with van der Waals surface area (Å²) in [4.78, 5) is 2.28. The molecule has 92 valence electrons. The molecule has 0 heterocycles. The molecule has 3 heteroatoms. The van der Waals surface area contributed by atoms with Gasteiger partial charge in [0.25, 0.3) is 0 Å². The zero-order chi connectivity index (χ0) is 12.7. The molecule has 0 spiro atoms. The Labute approximate surface area is 104 Å². The highest BCUT2D eigenvalue weighted by Crippen LogP contribution is 2.11. The zero-order valence-corrected chi connectivity index (χ0v) is 10.8. The van der Waals surface area contributed by atoms with Crippen molar-refractivity contribution in [2.75, 3.05) is 20.2 Å². The third-order valence-electron chi connectivity index (χ3n) is 3.04. The van der Waals surface area contributed by atoms with Gasteiger partial charge in [0, 0.05) is 12.6 Å². The van der Waals surface area contributed by atoms with Crippen LogP contribution >= 0.6 is 0 Å². The minimum absolute atomic E-state index is 0.583. The molecule has 0 aliphatic carbocycles. The van der Waals surface area contributed by atoms with Gasteiger partial charge in [-0.25, -0.2) is 0 Å². The molecule has 1 atom stereocenters. The molecule has 0 aliphatic rings. The highest BCUT2D eigenvalue weighted by molar-refractivity contribution is 5.34. The third-order valence-corrected chi connectivity index (χ3v) is 3.04. The summed E-state index contributed by atoms with van der Waals surface area (Å²) < 4.78 is 5.62. The minimum Gasteiger partial charge on any atom is -0.492 e. The summed E-state index contributed by atoms with van der Waals surface area (Å²) in [6.45, 7) is 5.98. The Balaban J connectivity index is 2.33. The van der Waals surface area contributed by atoms with Crippen LogP contribution in [0.1, 0.15) is 25.8 Å². The molecule has 0 aliphatic heterocycles. The van der Waals surface area contributed by atoms with Gasteiger partial charge in [-0.3, -0.25) is 0 Å². The van der Waals surface area contributed by atoms with Gasteiger partial charge in [0.1, 0.15) is 12.4 Å². The molecule has 0 radical (unpaired) electrons. The largest absolute Gasteiger partial charge is 0.492 e. The van der Waals surface area contributed by atoms with E-state index in [2.05, 4.69) is 31.9 Å². The third kappa shape index (κ3) is 4.46. The predicted molar refractivity (Wildman–Crippen MR) is 69.0 cm³/mol. The van der Waals surface area contributed by atoms with Gasteiger partial charge in [0.05, 0.1) is 11.6 Å². The van der Waals surface area contributed by atoms with E-state index >= 15 is 0 Å². The van der Waals surface area contributed by atoms with Crippen molar-refractivity contribution < 1.29 is 4.74 Å². The van der Waals surface area contributed by atoms with Crippen LogP contribution < -0.4 is 4.74 Å². The van der Waals surface area contributed by atoms with Crippen molar-refractivity contribution in [3.8, 4) is 11.8 Å². The van der Waals surface area contributed by atoms with E-state index in [-0.39, 0.29) is 0 Å². The lowest BCUT2D eigenvalue weighted by Gasteiger charge is -2.23. The van der Waals surface area contributed by atoms with Gasteiger partial charge in [-0.1, -0.05) is 6.92 Å². The first-order valence-electron chi connectivity index (χ1n) is 6.00. The Hall–Kier alpha value is -1.53. The molecule has 1 unspecified atom stereocenters. The summed E-state index contributed by atoms with van der Waals surface area (Å²) in [6, 6.07) is 9.88. The number of hydrogen-bond donors (Lipinski definition) is 0. The Morgan fingerprint density at radius 3 is 2.53 bits per heavy atom.